The zero-order valence-corrected chi connectivity index (χ0v) is 19.0. The molecular weight excluding hydrogens is 424 g/mol. The van der Waals surface area contributed by atoms with Gasteiger partial charge in [-0.25, -0.2) is 0 Å². The highest BCUT2D eigenvalue weighted by molar-refractivity contribution is 6.30. The summed E-state index contributed by atoms with van der Waals surface area (Å²) in [5, 5.41) is 0.764. The molecule has 2 heterocycles. The number of aryl methyl sites for hydroxylation is 1. The van der Waals surface area contributed by atoms with Gasteiger partial charge in [0.2, 0.25) is 0 Å². The zero-order chi connectivity index (χ0) is 22.2. The van der Waals surface area contributed by atoms with Gasteiger partial charge in [0, 0.05) is 41.3 Å². The fourth-order valence-corrected chi connectivity index (χ4v) is 5.07. The number of rotatable bonds is 4. The van der Waals surface area contributed by atoms with E-state index in [0.717, 1.165) is 24.4 Å². The fraction of sp³-hybridized carbons (Fsp3) is 0.100. The van der Waals surface area contributed by atoms with Crippen LogP contribution in [-0.2, 0) is 19.4 Å². The fourth-order valence-electron chi connectivity index (χ4n) is 4.95. The highest BCUT2D eigenvalue weighted by Crippen LogP contribution is 2.42. The summed E-state index contributed by atoms with van der Waals surface area (Å²) >= 11 is 6.19. The minimum atomic E-state index is 0.764. The minimum Gasteiger partial charge on any atom is -0.342 e. The molecule has 0 aliphatic heterocycles. The van der Waals surface area contributed by atoms with Gasteiger partial charge in [-0.1, -0.05) is 72.3 Å². The van der Waals surface area contributed by atoms with Crippen molar-refractivity contribution in [2.24, 2.45) is 0 Å². The molecule has 3 aromatic carbocycles. The quantitative estimate of drug-likeness (QED) is 0.276. The second-order valence-corrected chi connectivity index (χ2v) is 9.04. The zero-order valence-electron chi connectivity index (χ0n) is 18.2. The van der Waals surface area contributed by atoms with Crippen LogP contribution in [0.25, 0.3) is 33.5 Å². The molecule has 33 heavy (non-hydrogen) atoms. The van der Waals surface area contributed by atoms with Gasteiger partial charge in [0.05, 0.1) is 5.69 Å². The first-order valence-corrected chi connectivity index (χ1v) is 11.7. The van der Waals surface area contributed by atoms with Crippen LogP contribution >= 0.6 is 11.6 Å². The van der Waals surface area contributed by atoms with Crippen molar-refractivity contribution in [3.05, 3.63) is 125 Å². The topological polar surface area (TPSA) is 17.8 Å². The van der Waals surface area contributed by atoms with Crippen molar-refractivity contribution >= 4 is 11.6 Å². The van der Waals surface area contributed by atoms with Crippen LogP contribution in [0.2, 0.25) is 5.02 Å². The molecule has 0 radical (unpaired) electrons. The average molecular weight is 447 g/mol. The van der Waals surface area contributed by atoms with Crippen LogP contribution < -0.4 is 0 Å². The summed E-state index contributed by atoms with van der Waals surface area (Å²) in [6.07, 6.45) is 8.18. The summed E-state index contributed by atoms with van der Waals surface area (Å²) in [7, 11) is 0. The molecule has 160 valence electrons. The smallest absolute Gasteiger partial charge is 0.0525 e. The van der Waals surface area contributed by atoms with E-state index in [-0.39, 0.29) is 0 Å². The van der Waals surface area contributed by atoms with Crippen molar-refractivity contribution < 1.29 is 0 Å². The second-order valence-electron chi connectivity index (χ2n) is 8.60. The molecule has 1 aliphatic rings. The summed E-state index contributed by atoms with van der Waals surface area (Å²) < 4.78 is 2.41. The molecule has 0 atom stereocenters. The predicted octanol–water partition coefficient (Wildman–Crippen LogP) is 7.68. The molecule has 0 spiro atoms. The van der Waals surface area contributed by atoms with Crippen LogP contribution in [0.1, 0.15) is 16.7 Å². The molecule has 0 saturated carbocycles. The molecule has 0 unspecified atom stereocenters. The number of hydrogen-bond acceptors (Lipinski definition) is 1. The highest BCUT2D eigenvalue weighted by atomic mass is 35.5. The highest BCUT2D eigenvalue weighted by Gasteiger charge is 2.25. The van der Waals surface area contributed by atoms with Gasteiger partial charge in [0.1, 0.15) is 0 Å². The maximum absolute atomic E-state index is 6.19. The Hall–Kier alpha value is -3.62. The van der Waals surface area contributed by atoms with E-state index < -0.39 is 0 Å². The van der Waals surface area contributed by atoms with E-state index in [4.69, 9.17) is 11.6 Å². The van der Waals surface area contributed by atoms with E-state index in [9.17, 15) is 0 Å². The lowest BCUT2D eigenvalue weighted by Gasteiger charge is -2.21. The van der Waals surface area contributed by atoms with Crippen LogP contribution in [0.4, 0.5) is 0 Å². The van der Waals surface area contributed by atoms with Gasteiger partial charge < -0.3 is 4.57 Å². The monoisotopic (exact) mass is 446 g/mol. The minimum absolute atomic E-state index is 0.764. The van der Waals surface area contributed by atoms with Crippen molar-refractivity contribution in [2.75, 3.05) is 0 Å². The van der Waals surface area contributed by atoms with Gasteiger partial charge >= 0.3 is 0 Å². The Bertz CT molecular complexity index is 1420. The Morgan fingerprint density at radius 3 is 2.36 bits per heavy atom. The average Bonchev–Trinajstić information content (AvgIpc) is 3.24. The van der Waals surface area contributed by atoms with E-state index in [0.29, 0.717) is 0 Å². The van der Waals surface area contributed by atoms with Crippen LogP contribution in [-0.4, -0.2) is 9.55 Å². The number of nitrogens with zero attached hydrogens (tertiary/aromatic N) is 2. The summed E-state index contributed by atoms with van der Waals surface area (Å²) in [6.45, 7) is 0.790. The van der Waals surface area contributed by atoms with Gasteiger partial charge in [-0.2, -0.15) is 0 Å². The largest absolute Gasteiger partial charge is 0.342 e. The molecule has 0 amide bonds. The maximum atomic E-state index is 6.19. The summed E-state index contributed by atoms with van der Waals surface area (Å²) in [4.78, 5) is 4.34. The summed E-state index contributed by atoms with van der Waals surface area (Å²) in [6, 6.07) is 29.9. The molecule has 3 heteroatoms. The number of benzene rings is 3. The van der Waals surface area contributed by atoms with Crippen LogP contribution in [0, 0.1) is 0 Å². The summed E-state index contributed by atoms with van der Waals surface area (Å²) in [5.41, 5.74) is 11.7. The lowest BCUT2D eigenvalue weighted by molar-refractivity contribution is 0.796. The van der Waals surface area contributed by atoms with Crippen molar-refractivity contribution in [1.29, 1.82) is 0 Å². The summed E-state index contributed by atoms with van der Waals surface area (Å²) in [5.74, 6) is 0. The van der Waals surface area contributed by atoms with Crippen LogP contribution in [0.15, 0.2) is 104 Å². The Morgan fingerprint density at radius 1 is 0.758 bits per heavy atom. The van der Waals surface area contributed by atoms with E-state index in [1.807, 2.05) is 30.6 Å². The van der Waals surface area contributed by atoms with Gasteiger partial charge in [-0.05, 0) is 70.5 Å². The van der Waals surface area contributed by atoms with Gasteiger partial charge in [-0.15, -0.1) is 0 Å². The first-order chi connectivity index (χ1) is 16.3. The molecule has 0 fully saturated rings. The number of halogens is 1. The standard InChI is InChI=1S/C30H23ClN2/c31-26-13-10-24(11-14-26)29-20-33(19-21-5-4-16-32-18-21)30-27(29)15-12-23-8-9-25(17-28(23)30)22-6-2-1-3-7-22/h1-11,13-14,16-18,20H,12,15,19H2. The third-order valence-corrected chi connectivity index (χ3v) is 6.78. The number of hydrogen-bond donors (Lipinski definition) is 0. The number of fused-ring (bicyclic) bond motifs is 3. The number of pyridine rings is 1. The van der Waals surface area contributed by atoms with Crippen molar-refractivity contribution in [1.82, 2.24) is 9.55 Å². The van der Waals surface area contributed by atoms with Gasteiger partial charge in [-0.3, -0.25) is 4.98 Å². The normalized spacial score (nSPS) is 12.3. The third-order valence-electron chi connectivity index (χ3n) is 6.53. The second kappa shape index (κ2) is 8.38. The Morgan fingerprint density at radius 2 is 1.58 bits per heavy atom. The molecule has 2 aromatic heterocycles. The molecule has 6 rings (SSSR count). The van der Waals surface area contributed by atoms with E-state index in [1.54, 1.807) is 0 Å². The van der Waals surface area contributed by atoms with Crippen LogP contribution in [0.3, 0.4) is 0 Å². The van der Waals surface area contributed by atoms with E-state index >= 15 is 0 Å². The lowest BCUT2D eigenvalue weighted by Crippen LogP contribution is -2.08. The van der Waals surface area contributed by atoms with E-state index in [2.05, 4.69) is 82.5 Å². The van der Waals surface area contributed by atoms with Gasteiger partial charge in [0.25, 0.3) is 0 Å². The van der Waals surface area contributed by atoms with Crippen molar-refractivity contribution in [3.8, 4) is 33.5 Å². The molecule has 0 N–H and O–H groups in total. The maximum Gasteiger partial charge on any atom is 0.0525 e. The molecule has 1 aliphatic carbocycles. The van der Waals surface area contributed by atoms with Crippen molar-refractivity contribution in [2.45, 2.75) is 19.4 Å². The van der Waals surface area contributed by atoms with Crippen molar-refractivity contribution in [3.63, 3.8) is 0 Å². The van der Waals surface area contributed by atoms with Gasteiger partial charge in [0.15, 0.2) is 0 Å². The Kier molecular flexibility index (Phi) is 5.09. The molecule has 5 aromatic rings. The first-order valence-electron chi connectivity index (χ1n) is 11.3. The Labute approximate surface area is 199 Å². The number of aromatic nitrogens is 2. The third kappa shape index (κ3) is 3.77. The first kappa shape index (κ1) is 20.0. The van der Waals surface area contributed by atoms with Crippen LogP contribution in [0.5, 0.6) is 0 Å². The SMILES string of the molecule is Clc1ccc(-c2cn(Cc3cccnc3)c3c2CCc2ccc(-c4ccccc4)cc2-3)cc1. The lowest BCUT2D eigenvalue weighted by atomic mass is 9.85. The van der Waals surface area contributed by atoms with E-state index in [1.165, 1.54) is 50.2 Å². The Balaban J connectivity index is 1.54. The molecular formula is C30H23ClN2. The molecule has 0 bridgehead atoms. The predicted molar refractivity (Wildman–Crippen MR) is 136 cm³/mol. The molecule has 0 saturated heterocycles. The molecule has 2 nitrogen and oxygen atoms in total.